The molecule has 0 aliphatic carbocycles. The fraction of sp³-hybridized carbons (Fsp3) is 0.333. The maximum Gasteiger partial charge on any atom is 0.123 e. The van der Waals surface area contributed by atoms with E-state index in [4.69, 9.17) is 5.73 Å². The van der Waals surface area contributed by atoms with Crippen LogP contribution in [0.1, 0.15) is 23.5 Å². The highest BCUT2D eigenvalue weighted by Gasteiger charge is 2.24. The predicted octanol–water partition coefficient (Wildman–Crippen LogP) is 3.55. The van der Waals surface area contributed by atoms with Crippen LogP contribution >= 0.6 is 12.4 Å². The molecule has 2 nitrogen and oxygen atoms in total. The molecule has 0 aromatic heterocycles. The Morgan fingerprint density at radius 2 is 1.43 bits per heavy atom. The van der Waals surface area contributed by atoms with Crippen molar-refractivity contribution in [1.82, 2.24) is 4.90 Å². The highest BCUT2D eigenvalue weighted by atomic mass is 35.5. The second-order valence-electron chi connectivity index (χ2n) is 5.96. The summed E-state index contributed by atoms with van der Waals surface area (Å²) in [4.78, 5) is 2.32. The van der Waals surface area contributed by atoms with Gasteiger partial charge in [0.15, 0.2) is 0 Å². The van der Waals surface area contributed by atoms with Crippen LogP contribution in [0, 0.1) is 11.6 Å². The van der Waals surface area contributed by atoms with Gasteiger partial charge in [0.05, 0.1) is 0 Å². The van der Waals surface area contributed by atoms with Crippen LogP contribution in [-0.2, 0) is 0 Å². The Balaban J connectivity index is 0.00000192. The average Bonchev–Trinajstić information content (AvgIpc) is 2.92. The van der Waals surface area contributed by atoms with Crippen molar-refractivity contribution in [3.05, 3.63) is 71.3 Å². The lowest BCUT2D eigenvalue weighted by Gasteiger charge is -2.24. The Hall–Kier alpha value is -1.49. The summed E-state index contributed by atoms with van der Waals surface area (Å²) >= 11 is 0. The number of rotatable bonds is 4. The summed E-state index contributed by atoms with van der Waals surface area (Å²) in [6.07, 6.45) is 1.000. The Bertz CT molecular complexity index is 570. The molecule has 1 atom stereocenters. The fourth-order valence-corrected chi connectivity index (χ4v) is 3.08. The van der Waals surface area contributed by atoms with Gasteiger partial charge < -0.3 is 10.6 Å². The molecule has 5 heteroatoms. The summed E-state index contributed by atoms with van der Waals surface area (Å²) in [6.45, 7) is 2.66. The maximum absolute atomic E-state index is 13.2. The third kappa shape index (κ3) is 4.50. The van der Waals surface area contributed by atoms with E-state index in [9.17, 15) is 8.78 Å². The summed E-state index contributed by atoms with van der Waals surface area (Å²) in [5.41, 5.74) is 8.05. The van der Waals surface area contributed by atoms with Crippen molar-refractivity contribution < 1.29 is 8.78 Å². The zero-order valence-electron chi connectivity index (χ0n) is 12.8. The first-order valence-corrected chi connectivity index (χ1v) is 7.60. The monoisotopic (exact) mass is 338 g/mol. The molecule has 1 aliphatic heterocycles. The highest BCUT2D eigenvalue weighted by Crippen LogP contribution is 2.27. The van der Waals surface area contributed by atoms with Crippen LogP contribution < -0.4 is 5.73 Å². The lowest BCUT2D eigenvalue weighted by Crippen LogP contribution is -2.30. The Morgan fingerprint density at radius 3 is 1.83 bits per heavy atom. The molecule has 1 saturated heterocycles. The van der Waals surface area contributed by atoms with E-state index in [1.165, 1.54) is 24.3 Å². The molecule has 23 heavy (non-hydrogen) atoms. The van der Waals surface area contributed by atoms with E-state index in [0.29, 0.717) is 0 Å². The highest BCUT2D eigenvalue weighted by molar-refractivity contribution is 5.85. The first-order chi connectivity index (χ1) is 10.6. The maximum atomic E-state index is 13.2. The van der Waals surface area contributed by atoms with Gasteiger partial charge in [-0.25, -0.2) is 8.78 Å². The smallest absolute Gasteiger partial charge is 0.123 e. The fourth-order valence-electron chi connectivity index (χ4n) is 3.08. The molecule has 1 fully saturated rings. The van der Waals surface area contributed by atoms with Gasteiger partial charge in [0.2, 0.25) is 0 Å². The zero-order chi connectivity index (χ0) is 15.5. The van der Waals surface area contributed by atoms with Gasteiger partial charge in [-0.2, -0.15) is 0 Å². The number of nitrogens with zero attached hydrogens (tertiary/aromatic N) is 1. The van der Waals surface area contributed by atoms with Crippen molar-refractivity contribution in [2.45, 2.75) is 18.4 Å². The largest absolute Gasteiger partial charge is 0.326 e. The van der Waals surface area contributed by atoms with E-state index in [1.807, 2.05) is 0 Å². The van der Waals surface area contributed by atoms with Gasteiger partial charge in [0.1, 0.15) is 11.6 Å². The molecule has 0 radical (unpaired) electrons. The van der Waals surface area contributed by atoms with Gasteiger partial charge in [0.25, 0.3) is 0 Å². The van der Waals surface area contributed by atoms with E-state index in [-0.39, 0.29) is 36.0 Å². The summed E-state index contributed by atoms with van der Waals surface area (Å²) in [5, 5.41) is 0. The van der Waals surface area contributed by atoms with E-state index in [0.717, 1.165) is 37.2 Å². The molecule has 0 spiro atoms. The molecule has 0 bridgehead atoms. The minimum Gasteiger partial charge on any atom is -0.326 e. The lowest BCUT2D eigenvalue weighted by molar-refractivity contribution is 0.323. The van der Waals surface area contributed by atoms with E-state index < -0.39 is 0 Å². The third-order valence-corrected chi connectivity index (χ3v) is 4.29. The van der Waals surface area contributed by atoms with Gasteiger partial charge in [-0.1, -0.05) is 24.3 Å². The molecule has 1 aliphatic rings. The summed E-state index contributed by atoms with van der Waals surface area (Å²) in [7, 11) is 0. The molecule has 0 unspecified atom stereocenters. The van der Waals surface area contributed by atoms with Crippen molar-refractivity contribution in [3.63, 3.8) is 0 Å². The van der Waals surface area contributed by atoms with Gasteiger partial charge in [-0.15, -0.1) is 12.4 Å². The Morgan fingerprint density at radius 1 is 0.957 bits per heavy atom. The molecule has 124 valence electrons. The number of likely N-dealkylation sites (tertiary alicyclic amines) is 1. The Labute approximate surface area is 141 Å². The summed E-state index contributed by atoms with van der Waals surface area (Å²) in [5.74, 6) is -0.402. The van der Waals surface area contributed by atoms with Crippen molar-refractivity contribution in [2.24, 2.45) is 5.73 Å². The Kier molecular flexibility index (Phi) is 6.10. The van der Waals surface area contributed by atoms with E-state index >= 15 is 0 Å². The van der Waals surface area contributed by atoms with Crippen LogP contribution in [-0.4, -0.2) is 30.6 Å². The molecule has 1 heterocycles. The number of hydrogen-bond acceptors (Lipinski definition) is 2. The van der Waals surface area contributed by atoms with Crippen LogP contribution in [0.4, 0.5) is 8.78 Å². The van der Waals surface area contributed by atoms with Crippen molar-refractivity contribution >= 4 is 12.4 Å². The summed E-state index contributed by atoms with van der Waals surface area (Å²) < 4.78 is 26.4. The summed E-state index contributed by atoms with van der Waals surface area (Å²) in [6, 6.07) is 13.3. The molecule has 0 saturated carbocycles. The molecule has 2 N–H and O–H groups in total. The molecule has 2 aromatic carbocycles. The molecular formula is C18H21ClF2N2. The molecule has 0 amide bonds. The number of hydrogen-bond donors (Lipinski definition) is 1. The van der Waals surface area contributed by atoms with Crippen LogP contribution in [0.2, 0.25) is 0 Å². The van der Waals surface area contributed by atoms with Crippen molar-refractivity contribution in [3.8, 4) is 0 Å². The van der Waals surface area contributed by atoms with Gasteiger partial charge in [-0.3, -0.25) is 0 Å². The van der Waals surface area contributed by atoms with Crippen LogP contribution in [0.3, 0.4) is 0 Å². The second-order valence-corrected chi connectivity index (χ2v) is 5.96. The SMILES string of the molecule is Cl.N[C@@H]1CCN(CC(c2ccc(F)cc2)c2ccc(F)cc2)C1. The topological polar surface area (TPSA) is 29.3 Å². The third-order valence-electron chi connectivity index (χ3n) is 4.29. The number of benzene rings is 2. The zero-order valence-corrected chi connectivity index (χ0v) is 13.6. The van der Waals surface area contributed by atoms with Crippen molar-refractivity contribution in [1.29, 1.82) is 0 Å². The van der Waals surface area contributed by atoms with Crippen LogP contribution in [0.15, 0.2) is 48.5 Å². The minimum absolute atomic E-state index is 0. The van der Waals surface area contributed by atoms with Gasteiger partial charge >= 0.3 is 0 Å². The quantitative estimate of drug-likeness (QED) is 0.923. The van der Waals surface area contributed by atoms with Gasteiger partial charge in [0, 0.05) is 25.0 Å². The van der Waals surface area contributed by atoms with Crippen molar-refractivity contribution in [2.75, 3.05) is 19.6 Å². The first kappa shape index (κ1) is 17.9. The van der Waals surface area contributed by atoms with E-state index in [2.05, 4.69) is 4.90 Å². The minimum atomic E-state index is -0.246. The molecular weight excluding hydrogens is 318 g/mol. The molecule has 3 rings (SSSR count). The normalized spacial score (nSPS) is 18.2. The predicted molar refractivity (Wildman–Crippen MR) is 90.9 cm³/mol. The lowest BCUT2D eigenvalue weighted by atomic mass is 9.90. The average molecular weight is 339 g/mol. The standard InChI is InChI=1S/C18H20F2N2.ClH/c19-15-5-1-13(2-6-15)18(12-22-10-9-17(21)11-22)14-3-7-16(20)8-4-14;/h1-8,17-18H,9-12,21H2;1H/t17-;/m1./s1. The van der Waals surface area contributed by atoms with Gasteiger partial charge in [-0.05, 0) is 48.4 Å². The first-order valence-electron chi connectivity index (χ1n) is 7.60. The van der Waals surface area contributed by atoms with Crippen LogP contribution in [0.5, 0.6) is 0 Å². The number of nitrogens with two attached hydrogens (primary N) is 1. The molecule has 2 aromatic rings. The second kappa shape index (κ2) is 7.86. The number of halogens is 3. The van der Waals surface area contributed by atoms with E-state index in [1.54, 1.807) is 24.3 Å². The van der Waals surface area contributed by atoms with Crippen LogP contribution in [0.25, 0.3) is 0 Å².